The fourth-order valence-corrected chi connectivity index (χ4v) is 6.75. The fraction of sp³-hybridized carbons (Fsp3) is 0.935. The Bertz CT molecular complexity index is 794. The van der Waals surface area contributed by atoms with Crippen LogP contribution in [0, 0.1) is 11.8 Å². The van der Waals surface area contributed by atoms with E-state index in [2.05, 4.69) is 34.6 Å². The Labute approximate surface area is 323 Å². The molecule has 0 aliphatic carbocycles. The number of carbonyl (C=O) groups excluding carboxylic acids is 3. The van der Waals surface area contributed by atoms with Gasteiger partial charge in [0.2, 0.25) is 0 Å². The molecule has 0 unspecified atom stereocenters. The second kappa shape index (κ2) is 39.1. The van der Waals surface area contributed by atoms with Crippen molar-refractivity contribution in [3.05, 3.63) is 0 Å². The minimum absolute atomic E-state index is 0.0653. The molecule has 0 saturated carbocycles. The van der Waals surface area contributed by atoms with E-state index in [1.165, 1.54) is 135 Å². The van der Waals surface area contributed by atoms with Crippen LogP contribution >= 0.6 is 0 Å². The molecule has 0 aromatic heterocycles. The molecular formula is C46H88O6. The Balaban J connectivity index is 4.34. The van der Waals surface area contributed by atoms with Gasteiger partial charge in [0.05, 0.1) is 0 Å². The topological polar surface area (TPSA) is 78.9 Å². The highest BCUT2D eigenvalue weighted by Gasteiger charge is 2.19. The van der Waals surface area contributed by atoms with Gasteiger partial charge in [0.1, 0.15) is 13.2 Å². The predicted octanol–water partition coefficient (Wildman–Crippen LogP) is 14.2. The van der Waals surface area contributed by atoms with Crippen molar-refractivity contribution in [3.63, 3.8) is 0 Å². The maximum absolute atomic E-state index is 12.7. The normalized spacial score (nSPS) is 12.1. The van der Waals surface area contributed by atoms with Gasteiger partial charge in [-0.2, -0.15) is 0 Å². The summed E-state index contributed by atoms with van der Waals surface area (Å²) in [4.78, 5) is 37.7. The van der Waals surface area contributed by atoms with E-state index in [0.29, 0.717) is 19.3 Å². The first kappa shape index (κ1) is 50.4. The molecule has 308 valence electrons. The molecule has 0 saturated heterocycles. The zero-order valence-corrected chi connectivity index (χ0v) is 35.4. The van der Waals surface area contributed by atoms with Gasteiger partial charge in [-0.25, -0.2) is 0 Å². The zero-order chi connectivity index (χ0) is 38.3. The highest BCUT2D eigenvalue weighted by molar-refractivity contribution is 5.71. The third-order valence-corrected chi connectivity index (χ3v) is 10.2. The maximum atomic E-state index is 12.7. The van der Waals surface area contributed by atoms with Crippen molar-refractivity contribution in [3.8, 4) is 0 Å². The summed E-state index contributed by atoms with van der Waals surface area (Å²) >= 11 is 0. The van der Waals surface area contributed by atoms with E-state index in [1.807, 2.05) is 0 Å². The standard InChI is InChI=1S/C46H88O6/c1-6-7-8-9-10-11-12-16-21-26-31-36-44(47)50-39-43(40-51-45(48)37-32-27-23-18-20-25-30-35-42(4)5)52-46(49)38-33-28-22-17-14-13-15-19-24-29-34-41(2)3/h41-43H,6-40H2,1-5H3/t43-/m0/s1. The van der Waals surface area contributed by atoms with Crippen LogP contribution in [0.3, 0.4) is 0 Å². The molecule has 0 aliphatic rings. The Morgan fingerprint density at radius 2 is 0.635 bits per heavy atom. The van der Waals surface area contributed by atoms with Gasteiger partial charge >= 0.3 is 17.9 Å². The maximum Gasteiger partial charge on any atom is 0.306 e. The third kappa shape index (κ3) is 39.6. The zero-order valence-electron chi connectivity index (χ0n) is 35.4. The summed E-state index contributed by atoms with van der Waals surface area (Å²) < 4.78 is 16.7. The number of carbonyl (C=O) groups is 3. The summed E-state index contributed by atoms with van der Waals surface area (Å²) in [5.74, 6) is 0.737. The summed E-state index contributed by atoms with van der Waals surface area (Å²) in [5, 5.41) is 0. The lowest BCUT2D eigenvalue weighted by molar-refractivity contribution is -0.167. The van der Waals surface area contributed by atoms with Crippen LogP contribution in [0.25, 0.3) is 0 Å². The molecule has 6 heteroatoms. The van der Waals surface area contributed by atoms with Crippen molar-refractivity contribution in [1.29, 1.82) is 0 Å². The van der Waals surface area contributed by atoms with Gasteiger partial charge in [-0.3, -0.25) is 14.4 Å². The fourth-order valence-electron chi connectivity index (χ4n) is 6.75. The van der Waals surface area contributed by atoms with Crippen molar-refractivity contribution in [1.82, 2.24) is 0 Å². The summed E-state index contributed by atoms with van der Waals surface area (Å²) in [6.45, 7) is 11.3. The van der Waals surface area contributed by atoms with Crippen molar-refractivity contribution in [2.24, 2.45) is 11.8 Å². The molecule has 0 heterocycles. The van der Waals surface area contributed by atoms with Gasteiger partial charge < -0.3 is 14.2 Å². The second-order valence-corrected chi connectivity index (χ2v) is 16.6. The average Bonchev–Trinajstić information content (AvgIpc) is 3.11. The van der Waals surface area contributed by atoms with Crippen LogP contribution in [0.4, 0.5) is 0 Å². The quantitative estimate of drug-likeness (QED) is 0.0354. The number of hydrogen-bond acceptors (Lipinski definition) is 6. The molecule has 0 spiro atoms. The van der Waals surface area contributed by atoms with Crippen LogP contribution in [0.15, 0.2) is 0 Å². The Morgan fingerprint density at radius 1 is 0.365 bits per heavy atom. The molecule has 0 amide bonds. The number of hydrogen-bond donors (Lipinski definition) is 0. The van der Waals surface area contributed by atoms with Crippen molar-refractivity contribution in [2.75, 3.05) is 13.2 Å². The molecule has 0 N–H and O–H groups in total. The van der Waals surface area contributed by atoms with Gasteiger partial charge in [0.25, 0.3) is 0 Å². The Morgan fingerprint density at radius 3 is 0.942 bits per heavy atom. The summed E-state index contributed by atoms with van der Waals surface area (Å²) in [6, 6.07) is 0. The number of rotatable bonds is 40. The molecule has 0 aromatic carbocycles. The highest BCUT2D eigenvalue weighted by atomic mass is 16.6. The average molecular weight is 737 g/mol. The molecule has 1 atom stereocenters. The smallest absolute Gasteiger partial charge is 0.306 e. The van der Waals surface area contributed by atoms with Crippen molar-refractivity contribution < 1.29 is 28.6 Å². The molecule has 0 aromatic rings. The first-order valence-electron chi connectivity index (χ1n) is 22.7. The molecule has 0 fully saturated rings. The molecular weight excluding hydrogens is 648 g/mol. The van der Waals surface area contributed by atoms with E-state index in [4.69, 9.17) is 14.2 Å². The number of esters is 3. The van der Waals surface area contributed by atoms with Crippen LogP contribution in [-0.2, 0) is 28.6 Å². The van der Waals surface area contributed by atoms with Crippen LogP contribution in [0.2, 0.25) is 0 Å². The predicted molar refractivity (Wildman–Crippen MR) is 220 cm³/mol. The van der Waals surface area contributed by atoms with Gasteiger partial charge in [-0.1, -0.05) is 208 Å². The van der Waals surface area contributed by atoms with E-state index in [9.17, 15) is 14.4 Å². The van der Waals surface area contributed by atoms with Crippen LogP contribution in [0.1, 0.15) is 247 Å². The summed E-state index contributed by atoms with van der Waals surface area (Å²) in [6.07, 6.45) is 36.6. The number of ether oxygens (including phenoxy) is 3. The lowest BCUT2D eigenvalue weighted by Gasteiger charge is -2.18. The molecule has 0 bridgehead atoms. The Hall–Kier alpha value is -1.59. The van der Waals surface area contributed by atoms with Crippen molar-refractivity contribution >= 4 is 17.9 Å². The molecule has 0 radical (unpaired) electrons. The highest BCUT2D eigenvalue weighted by Crippen LogP contribution is 2.16. The minimum Gasteiger partial charge on any atom is -0.462 e. The monoisotopic (exact) mass is 737 g/mol. The number of unbranched alkanes of at least 4 members (excludes halogenated alkanes) is 25. The van der Waals surface area contributed by atoms with Gasteiger partial charge in [0, 0.05) is 19.3 Å². The van der Waals surface area contributed by atoms with E-state index in [1.54, 1.807) is 0 Å². The minimum atomic E-state index is -0.760. The molecule has 0 aliphatic heterocycles. The SMILES string of the molecule is CCCCCCCCCCCCCC(=O)OC[C@@H](COC(=O)CCCCCCCCCC(C)C)OC(=O)CCCCCCCCCCCCC(C)C. The molecule has 0 rings (SSSR count). The molecule has 52 heavy (non-hydrogen) atoms. The van der Waals surface area contributed by atoms with Crippen LogP contribution in [0.5, 0.6) is 0 Å². The first-order chi connectivity index (χ1) is 25.2. The van der Waals surface area contributed by atoms with Crippen LogP contribution in [-0.4, -0.2) is 37.2 Å². The Kier molecular flexibility index (Phi) is 37.9. The van der Waals surface area contributed by atoms with Crippen molar-refractivity contribution in [2.45, 2.75) is 253 Å². The van der Waals surface area contributed by atoms with E-state index < -0.39 is 6.10 Å². The van der Waals surface area contributed by atoms with Gasteiger partial charge in [-0.15, -0.1) is 0 Å². The second-order valence-electron chi connectivity index (χ2n) is 16.6. The summed E-state index contributed by atoms with van der Waals surface area (Å²) in [7, 11) is 0. The van der Waals surface area contributed by atoms with Gasteiger partial charge in [-0.05, 0) is 31.1 Å². The third-order valence-electron chi connectivity index (χ3n) is 10.2. The first-order valence-corrected chi connectivity index (χ1v) is 22.7. The van der Waals surface area contributed by atoms with Crippen LogP contribution < -0.4 is 0 Å². The van der Waals surface area contributed by atoms with E-state index in [-0.39, 0.29) is 31.1 Å². The largest absolute Gasteiger partial charge is 0.462 e. The molecule has 6 nitrogen and oxygen atoms in total. The summed E-state index contributed by atoms with van der Waals surface area (Å²) in [5.41, 5.74) is 0. The lowest BCUT2D eigenvalue weighted by Crippen LogP contribution is -2.30. The lowest BCUT2D eigenvalue weighted by atomic mass is 10.0. The van der Waals surface area contributed by atoms with E-state index >= 15 is 0 Å². The van der Waals surface area contributed by atoms with Gasteiger partial charge in [0.15, 0.2) is 6.10 Å². The van der Waals surface area contributed by atoms with E-state index in [0.717, 1.165) is 69.6 Å².